The Morgan fingerprint density at radius 3 is 2.32 bits per heavy atom. The zero-order chi connectivity index (χ0) is 13.3. The van der Waals surface area contributed by atoms with Crippen LogP contribution in [0.25, 0.3) is 0 Å². The summed E-state index contributed by atoms with van der Waals surface area (Å²) in [6.45, 7) is 2.91. The zero-order valence-corrected chi connectivity index (χ0v) is 12.1. The Hall–Kier alpha value is -1.00. The Morgan fingerprint density at radius 2 is 1.84 bits per heavy atom. The standard InChI is InChI=1S/C15H20N2OS/c1-19-13-4-2-12(3-5-13)14(18)17-10-7-15(8-11-17)6-9-16-15/h2-5,16H,6-11H2,1H3. The third kappa shape index (κ3) is 2.51. The first-order valence-corrected chi connectivity index (χ1v) is 8.13. The fourth-order valence-electron chi connectivity index (χ4n) is 2.96. The van der Waals surface area contributed by atoms with E-state index in [-0.39, 0.29) is 5.91 Å². The van der Waals surface area contributed by atoms with Gasteiger partial charge in [0, 0.05) is 29.1 Å². The highest BCUT2D eigenvalue weighted by Crippen LogP contribution is 2.31. The molecule has 2 aliphatic rings. The highest BCUT2D eigenvalue weighted by atomic mass is 32.2. The van der Waals surface area contributed by atoms with Gasteiger partial charge in [-0.3, -0.25) is 4.79 Å². The van der Waals surface area contributed by atoms with Crippen LogP contribution in [0.5, 0.6) is 0 Å². The molecular weight excluding hydrogens is 256 g/mol. The topological polar surface area (TPSA) is 32.3 Å². The quantitative estimate of drug-likeness (QED) is 0.842. The number of benzene rings is 1. The number of amides is 1. The van der Waals surface area contributed by atoms with Crippen LogP contribution >= 0.6 is 11.8 Å². The molecule has 1 amide bonds. The minimum atomic E-state index is 0.182. The van der Waals surface area contributed by atoms with E-state index in [4.69, 9.17) is 0 Å². The number of nitrogens with zero attached hydrogens (tertiary/aromatic N) is 1. The van der Waals surface area contributed by atoms with Gasteiger partial charge in [0.25, 0.3) is 5.91 Å². The number of nitrogens with one attached hydrogen (secondary N) is 1. The van der Waals surface area contributed by atoms with E-state index in [0.29, 0.717) is 5.54 Å². The Kier molecular flexibility index (Phi) is 3.54. The van der Waals surface area contributed by atoms with Gasteiger partial charge >= 0.3 is 0 Å². The summed E-state index contributed by atoms with van der Waals surface area (Å²) in [4.78, 5) is 15.6. The first-order valence-electron chi connectivity index (χ1n) is 6.91. The van der Waals surface area contributed by atoms with Crippen molar-refractivity contribution in [3.63, 3.8) is 0 Å². The van der Waals surface area contributed by atoms with Gasteiger partial charge in [0.1, 0.15) is 0 Å². The van der Waals surface area contributed by atoms with Gasteiger partial charge in [-0.2, -0.15) is 0 Å². The van der Waals surface area contributed by atoms with E-state index in [0.717, 1.165) is 38.0 Å². The molecule has 0 aromatic heterocycles. The third-order valence-electron chi connectivity index (χ3n) is 4.45. The van der Waals surface area contributed by atoms with Gasteiger partial charge < -0.3 is 10.2 Å². The monoisotopic (exact) mass is 276 g/mol. The second-order valence-electron chi connectivity index (χ2n) is 5.48. The molecule has 2 fully saturated rings. The minimum absolute atomic E-state index is 0.182. The second kappa shape index (κ2) is 5.17. The van der Waals surface area contributed by atoms with Crippen molar-refractivity contribution in [2.75, 3.05) is 25.9 Å². The largest absolute Gasteiger partial charge is 0.339 e. The maximum atomic E-state index is 12.4. The van der Waals surface area contributed by atoms with E-state index in [1.54, 1.807) is 11.8 Å². The molecule has 4 heteroatoms. The molecule has 0 bridgehead atoms. The van der Waals surface area contributed by atoms with Crippen LogP contribution in [0.4, 0.5) is 0 Å². The van der Waals surface area contributed by atoms with Crippen LogP contribution in [0.2, 0.25) is 0 Å². The van der Waals surface area contributed by atoms with Gasteiger partial charge in [-0.05, 0) is 56.3 Å². The molecule has 1 spiro atoms. The summed E-state index contributed by atoms with van der Waals surface area (Å²) in [6, 6.07) is 7.94. The maximum Gasteiger partial charge on any atom is 0.253 e. The molecule has 0 aliphatic carbocycles. The summed E-state index contributed by atoms with van der Waals surface area (Å²) >= 11 is 1.70. The second-order valence-corrected chi connectivity index (χ2v) is 6.36. The molecule has 2 saturated heterocycles. The average Bonchev–Trinajstić information content (AvgIpc) is 2.45. The normalized spacial score (nSPS) is 21.2. The number of carbonyl (C=O) groups is 1. The molecule has 19 heavy (non-hydrogen) atoms. The Bertz CT molecular complexity index is 458. The van der Waals surface area contributed by atoms with Gasteiger partial charge in [-0.1, -0.05) is 0 Å². The predicted octanol–water partition coefficient (Wildman–Crippen LogP) is 2.38. The van der Waals surface area contributed by atoms with Crippen molar-refractivity contribution >= 4 is 17.7 Å². The highest BCUT2D eigenvalue weighted by Gasteiger charge is 2.40. The lowest BCUT2D eigenvalue weighted by Crippen LogP contribution is -2.62. The van der Waals surface area contributed by atoms with Crippen LogP contribution in [0, 0.1) is 0 Å². The van der Waals surface area contributed by atoms with E-state index in [9.17, 15) is 4.79 Å². The molecule has 0 radical (unpaired) electrons. The summed E-state index contributed by atoms with van der Waals surface area (Å²) in [5, 5.41) is 3.53. The van der Waals surface area contributed by atoms with Gasteiger partial charge in [-0.15, -0.1) is 11.8 Å². The number of thioether (sulfide) groups is 1. The Labute approximate surface area is 118 Å². The van der Waals surface area contributed by atoms with Crippen molar-refractivity contribution in [2.45, 2.75) is 29.7 Å². The molecule has 2 heterocycles. The molecule has 3 nitrogen and oxygen atoms in total. The van der Waals surface area contributed by atoms with E-state index in [1.165, 1.54) is 11.3 Å². The number of rotatable bonds is 2. The Balaban J connectivity index is 1.63. The fourth-order valence-corrected chi connectivity index (χ4v) is 3.37. The number of carbonyl (C=O) groups excluding carboxylic acids is 1. The van der Waals surface area contributed by atoms with Crippen LogP contribution in [-0.4, -0.2) is 42.2 Å². The van der Waals surface area contributed by atoms with E-state index >= 15 is 0 Å². The molecule has 0 saturated carbocycles. The predicted molar refractivity (Wildman–Crippen MR) is 78.7 cm³/mol. The molecule has 1 aromatic carbocycles. The molecular formula is C15H20N2OS. The van der Waals surface area contributed by atoms with Crippen LogP contribution in [0.1, 0.15) is 29.6 Å². The zero-order valence-electron chi connectivity index (χ0n) is 11.3. The first kappa shape index (κ1) is 13.0. The fraction of sp³-hybridized carbons (Fsp3) is 0.533. The van der Waals surface area contributed by atoms with Gasteiger partial charge in [0.2, 0.25) is 0 Å². The molecule has 102 valence electrons. The minimum Gasteiger partial charge on any atom is -0.339 e. The van der Waals surface area contributed by atoms with E-state index in [1.807, 2.05) is 35.4 Å². The van der Waals surface area contributed by atoms with Crippen molar-refractivity contribution < 1.29 is 4.79 Å². The van der Waals surface area contributed by atoms with Crippen LogP contribution in [0.3, 0.4) is 0 Å². The van der Waals surface area contributed by atoms with Crippen molar-refractivity contribution in [1.29, 1.82) is 0 Å². The average molecular weight is 276 g/mol. The van der Waals surface area contributed by atoms with Crippen LogP contribution in [0.15, 0.2) is 29.2 Å². The highest BCUT2D eigenvalue weighted by molar-refractivity contribution is 7.98. The molecule has 2 aliphatic heterocycles. The Morgan fingerprint density at radius 1 is 1.21 bits per heavy atom. The summed E-state index contributed by atoms with van der Waals surface area (Å²) < 4.78 is 0. The van der Waals surface area contributed by atoms with Crippen molar-refractivity contribution in [3.8, 4) is 0 Å². The van der Waals surface area contributed by atoms with Crippen molar-refractivity contribution in [1.82, 2.24) is 10.2 Å². The molecule has 0 unspecified atom stereocenters. The summed E-state index contributed by atoms with van der Waals surface area (Å²) in [5.74, 6) is 0.182. The van der Waals surface area contributed by atoms with Crippen molar-refractivity contribution in [3.05, 3.63) is 29.8 Å². The SMILES string of the molecule is CSc1ccc(C(=O)N2CCC3(CCN3)CC2)cc1. The van der Waals surface area contributed by atoms with Crippen LogP contribution in [-0.2, 0) is 0 Å². The summed E-state index contributed by atoms with van der Waals surface area (Å²) in [5.41, 5.74) is 1.18. The van der Waals surface area contributed by atoms with E-state index < -0.39 is 0 Å². The van der Waals surface area contributed by atoms with Gasteiger partial charge in [-0.25, -0.2) is 0 Å². The maximum absolute atomic E-state index is 12.4. The lowest BCUT2D eigenvalue weighted by Gasteiger charge is -2.48. The lowest BCUT2D eigenvalue weighted by molar-refractivity contribution is 0.0541. The number of likely N-dealkylation sites (tertiary alicyclic amines) is 1. The van der Waals surface area contributed by atoms with Crippen LogP contribution < -0.4 is 5.32 Å². The summed E-state index contributed by atoms with van der Waals surface area (Å²) in [6.07, 6.45) is 5.52. The number of hydrogen-bond donors (Lipinski definition) is 1. The third-order valence-corrected chi connectivity index (χ3v) is 5.19. The smallest absolute Gasteiger partial charge is 0.253 e. The first-order chi connectivity index (χ1) is 9.22. The summed E-state index contributed by atoms with van der Waals surface area (Å²) in [7, 11) is 0. The van der Waals surface area contributed by atoms with Gasteiger partial charge in [0.15, 0.2) is 0 Å². The molecule has 3 rings (SSSR count). The molecule has 1 N–H and O–H groups in total. The molecule has 0 atom stereocenters. The molecule has 1 aromatic rings. The number of piperidine rings is 1. The van der Waals surface area contributed by atoms with Gasteiger partial charge in [0.05, 0.1) is 0 Å². The lowest BCUT2D eigenvalue weighted by atomic mass is 9.79. The number of hydrogen-bond acceptors (Lipinski definition) is 3. The van der Waals surface area contributed by atoms with Crippen molar-refractivity contribution in [2.24, 2.45) is 0 Å². The van der Waals surface area contributed by atoms with E-state index in [2.05, 4.69) is 5.32 Å².